The summed E-state index contributed by atoms with van der Waals surface area (Å²) in [5.74, 6) is 2.29. The van der Waals surface area contributed by atoms with Crippen LogP contribution in [0.2, 0.25) is 0 Å². The number of nitrogens with zero attached hydrogens (tertiary/aromatic N) is 9. The Morgan fingerprint density at radius 2 is 1.67 bits per heavy atom. The Morgan fingerprint density at radius 1 is 0.902 bits per heavy atom. The van der Waals surface area contributed by atoms with Crippen LogP contribution in [0, 0.1) is 12.8 Å². The van der Waals surface area contributed by atoms with E-state index in [1.807, 2.05) is 56.4 Å². The molecule has 9 rings (SSSR count). The number of nitrogens with one attached hydrogen (secondary N) is 3. The Balaban J connectivity index is 0.722. The van der Waals surface area contributed by atoms with Crippen LogP contribution in [0.4, 0.5) is 33.5 Å². The third-order valence-corrected chi connectivity index (χ3v) is 12.6. The van der Waals surface area contributed by atoms with Gasteiger partial charge in [0.1, 0.15) is 18.0 Å². The van der Waals surface area contributed by atoms with Gasteiger partial charge in [-0.15, -0.1) is 0 Å². The number of aromatic nitrogens is 5. The quantitative estimate of drug-likeness (QED) is 0.134. The zero-order chi connectivity index (χ0) is 42.1. The number of carbonyl (C=O) groups excluding carboxylic acids is 3. The highest BCUT2D eigenvalue weighted by atomic mass is 16.5. The zero-order valence-corrected chi connectivity index (χ0v) is 34.9. The van der Waals surface area contributed by atoms with Crippen molar-refractivity contribution in [3.8, 4) is 11.3 Å². The minimum Gasteiger partial charge on any atom is -0.372 e. The van der Waals surface area contributed by atoms with Crippen molar-refractivity contribution >= 4 is 46.5 Å². The predicted octanol–water partition coefficient (Wildman–Crippen LogP) is 6.00. The van der Waals surface area contributed by atoms with Crippen LogP contribution >= 0.6 is 0 Å². The van der Waals surface area contributed by atoms with Crippen molar-refractivity contribution in [2.24, 2.45) is 5.92 Å². The smallest absolute Gasteiger partial charge is 0.328 e. The number of pyridine rings is 1. The monoisotopic (exact) mass is 824 g/mol. The summed E-state index contributed by atoms with van der Waals surface area (Å²) in [6.07, 6.45) is 8.04. The molecule has 0 bridgehead atoms. The molecule has 6 heterocycles. The van der Waals surface area contributed by atoms with Crippen LogP contribution in [0.5, 0.6) is 0 Å². The summed E-state index contributed by atoms with van der Waals surface area (Å²) in [5, 5.41) is 12.8. The molecule has 1 saturated carbocycles. The number of piperidine rings is 1. The van der Waals surface area contributed by atoms with E-state index in [0.29, 0.717) is 30.5 Å². The summed E-state index contributed by atoms with van der Waals surface area (Å²) in [6, 6.07) is 19.6. The van der Waals surface area contributed by atoms with Crippen LogP contribution in [0.1, 0.15) is 79.6 Å². The maximum Gasteiger partial charge on any atom is 0.328 e. The van der Waals surface area contributed by atoms with Gasteiger partial charge in [-0.3, -0.25) is 24.7 Å². The van der Waals surface area contributed by atoms with Crippen molar-refractivity contribution in [2.75, 3.05) is 72.4 Å². The maximum absolute atomic E-state index is 12.9. The minimum absolute atomic E-state index is 0.0105. The number of carbonyl (C=O) groups is 3. The van der Waals surface area contributed by atoms with Gasteiger partial charge in [-0.2, -0.15) is 4.98 Å². The molecule has 4 fully saturated rings. The van der Waals surface area contributed by atoms with Gasteiger partial charge >= 0.3 is 17.8 Å². The van der Waals surface area contributed by atoms with Gasteiger partial charge in [-0.25, -0.2) is 19.7 Å². The van der Waals surface area contributed by atoms with Crippen molar-refractivity contribution < 1.29 is 18.9 Å². The number of amides is 4. The van der Waals surface area contributed by atoms with E-state index in [9.17, 15) is 14.4 Å². The minimum atomic E-state index is -0.384. The molecule has 3 aromatic heterocycles. The van der Waals surface area contributed by atoms with E-state index < -0.39 is 0 Å². The zero-order valence-electron chi connectivity index (χ0n) is 34.9. The molecule has 16 nitrogen and oxygen atoms in total. The lowest BCUT2D eigenvalue weighted by Crippen LogP contribution is -2.49. The molecule has 16 heteroatoms. The van der Waals surface area contributed by atoms with Gasteiger partial charge in [0.25, 0.3) is 0 Å². The Morgan fingerprint density at radius 3 is 2.38 bits per heavy atom. The number of urea groups is 1. The van der Waals surface area contributed by atoms with E-state index in [1.165, 1.54) is 5.69 Å². The number of aryl methyl sites for hydroxylation is 1. The van der Waals surface area contributed by atoms with E-state index >= 15 is 0 Å². The summed E-state index contributed by atoms with van der Waals surface area (Å²) in [4.78, 5) is 63.8. The summed E-state index contributed by atoms with van der Waals surface area (Å²) >= 11 is 0. The fourth-order valence-corrected chi connectivity index (χ4v) is 8.56. The van der Waals surface area contributed by atoms with Crippen molar-refractivity contribution in [1.29, 1.82) is 0 Å². The normalized spacial score (nSPS) is 18.8. The lowest BCUT2D eigenvalue weighted by atomic mass is 9.95. The standard InChI is InChI=1S/C45H52N12O4/c1-29-24-32(4-10-36(29)30(2)49-41(59)42-52-43(53-61-42)45(3)15-16-45)37-25-38(48-28-47-37)50-33-5-11-39(46-26-33)56-22-20-54(21-23-56)27-31-12-17-55(18-13-31)34-6-8-35(9-7-34)57-19-14-40(58)51-44(57)60/h4-11,24-26,28,30-31H,12-23,27H2,1-3H3,(H,49,59)(H,47,48,50)(H,51,58,60)/t30-/m1/s1. The molecule has 2 aromatic carbocycles. The second kappa shape index (κ2) is 16.9. The number of anilines is 5. The first-order valence-electron chi connectivity index (χ1n) is 21.3. The van der Waals surface area contributed by atoms with E-state index in [-0.39, 0.29) is 35.2 Å². The van der Waals surface area contributed by atoms with Gasteiger partial charge in [0.05, 0.1) is 23.6 Å². The number of imide groups is 1. The fraction of sp³-hybridized carbons (Fsp3) is 0.422. The molecule has 316 valence electrons. The summed E-state index contributed by atoms with van der Waals surface area (Å²) in [7, 11) is 0. The average Bonchev–Trinajstić information content (AvgIpc) is 3.81. The first-order chi connectivity index (χ1) is 29.6. The van der Waals surface area contributed by atoms with Gasteiger partial charge < -0.3 is 25.0 Å². The molecule has 1 atom stereocenters. The third-order valence-electron chi connectivity index (χ3n) is 12.6. The lowest BCUT2D eigenvalue weighted by molar-refractivity contribution is -0.120. The molecule has 3 saturated heterocycles. The molecule has 4 aliphatic rings. The van der Waals surface area contributed by atoms with Gasteiger partial charge in [0, 0.05) is 87.2 Å². The number of rotatable bonds is 12. The highest BCUT2D eigenvalue weighted by molar-refractivity contribution is 6.05. The highest BCUT2D eigenvalue weighted by Gasteiger charge is 2.44. The first-order valence-corrected chi connectivity index (χ1v) is 21.3. The molecule has 1 aliphatic carbocycles. The molecule has 0 spiro atoms. The Bertz CT molecular complexity index is 2380. The summed E-state index contributed by atoms with van der Waals surface area (Å²) in [6.45, 7) is 13.5. The molecular formula is C45H52N12O4. The topological polar surface area (TPSA) is 178 Å². The van der Waals surface area contributed by atoms with Crippen LogP contribution < -0.4 is 30.7 Å². The Labute approximate surface area is 355 Å². The van der Waals surface area contributed by atoms with Crippen LogP contribution in [0.15, 0.2) is 77.7 Å². The van der Waals surface area contributed by atoms with Crippen LogP contribution in [-0.4, -0.2) is 100 Å². The molecule has 5 aromatic rings. The Hall–Kier alpha value is -6.42. The predicted molar refractivity (Wildman–Crippen MR) is 232 cm³/mol. The highest BCUT2D eigenvalue weighted by Crippen LogP contribution is 2.46. The van der Waals surface area contributed by atoms with E-state index in [1.54, 1.807) is 11.2 Å². The van der Waals surface area contributed by atoms with E-state index in [4.69, 9.17) is 9.51 Å². The molecule has 3 aliphatic heterocycles. The van der Waals surface area contributed by atoms with Gasteiger partial charge in [-0.1, -0.05) is 24.2 Å². The lowest BCUT2D eigenvalue weighted by Gasteiger charge is -2.39. The third kappa shape index (κ3) is 9.04. The van der Waals surface area contributed by atoms with Crippen molar-refractivity contribution in [3.63, 3.8) is 0 Å². The van der Waals surface area contributed by atoms with Gasteiger partial charge in [0.15, 0.2) is 5.82 Å². The number of benzene rings is 2. The molecule has 0 radical (unpaired) electrons. The second-order valence-electron chi connectivity index (χ2n) is 17.1. The van der Waals surface area contributed by atoms with Crippen LogP contribution in [0.25, 0.3) is 11.3 Å². The largest absolute Gasteiger partial charge is 0.372 e. The molecule has 0 unspecified atom stereocenters. The molecule has 4 amide bonds. The SMILES string of the molecule is Cc1cc(-c2cc(Nc3ccc(N4CCN(CC5CCN(c6ccc(N7CCC(=O)NC7=O)cc6)CC5)CC4)nc3)ncn2)ccc1[C@@H](C)NC(=O)c1nc(C2(C)CC2)no1. The maximum atomic E-state index is 12.9. The number of hydrogen-bond acceptors (Lipinski definition) is 13. The van der Waals surface area contributed by atoms with E-state index in [2.05, 4.69) is 81.9 Å². The average molecular weight is 825 g/mol. The van der Waals surface area contributed by atoms with Gasteiger partial charge in [-0.05, 0) is 99.0 Å². The summed E-state index contributed by atoms with van der Waals surface area (Å²) < 4.78 is 5.26. The number of piperazine rings is 1. The van der Waals surface area contributed by atoms with Crippen LogP contribution in [-0.2, 0) is 10.2 Å². The molecular weight excluding hydrogens is 773 g/mol. The molecule has 3 N–H and O–H groups in total. The van der Waals surface area contributed by atoms with Gasteiger partial charge in [0.2, 0.25) is 5.91 Å². The van der Waals surface area contributed by atoms with Crippen LogP contribution in [0.3, 0.4) is 0 Å². The van der Waals surface area contributed by atoms with E-state index in [0.717, 1.165) is 111 Å². The Kier molecular flexibility index (Phi) is 11.1. The fourth-order valence-electron chi connectivity index (χ4n) is 8.56. The number of hydrogen-bond donors (Lipinski definition) is 3. The first kappa shape index (κ1) is 40.0. The summed E-state index contributed by atoms with van der Waals surface area (Å²) in [5.41, 5.74) is 6.48. The van der Waals surface area contributed by atoms with Crippen molar-refractivity contribution in [3.05, 3.63) is 96.0 Å². The molecule has 61 heavy (non-hydrogen) atoms. The second-order valence-corrected chi connectivity index (χ2v) is 17.1. The van der Waals surface area contributed by atoms with Crippen molar-refractivity contribution in [2.45, 2.75) is 64.3 Å². The van der Waals surface area contributed by atoms with Crippen molar-refractivity contribution in [1.82, 2.24) is 40.6 Å².